The minimum absolute atomic E-state index is 0.0797. The average Bonchev–Trinajstić information content (AvgIpc) is 2.52. The van der Waals surface area contributed by atoms with E-state index < -0.39 is 15.4 Å². The molecule has 0 bridgehead atoms. The molecule has 4 nitrogen and oxygen atoms in total. The van der Waals surface area contributed by atoms with Crippen LogP contribution in [0.1, 0.15) is 31.2 Å². The Morgan fingerprint density at radius 1 is 1.16 bits per heavy atom. The summed E-state index contributed by atoms with van der Waals surface area (Å²) in [6, 6.07) is 9.56. The first-order valence-electron chi connectivity index (χ1n) is 8.68. The van der Waals surface area contributed by atoms with E-state index >= 15 is 0 Å². The summed E-state index contributed by atoms with van der Waals surface area (Å²) in [6.45, 7) is 6.62. The molecule has 25 heavy (non-hydrogen) atoms. The van der Waals surface area contributed by atoms with Crippen LogP contribution in [-0.4, -0.2) is 31.3 Å². The van der Waals surface area contributed by atoms with Gasteiger partial charge in [0.25, 0.3) is 0 Å². The topological polar surface area (TPSA) is 63.6 Å². The van der Waals surface area contributed by atoms with Crippen LogP contribution in [0.15, 0.2) is 30.3 Å². The van der Waals surface area contributed by atoms with Crippen LogP contribution in [-0.2, 0) is 20.7 Å². The minimum atomic E-state index is -3.16. The number of unbranched alkanes of at least 4 members (excludes halogenated alkanes) is 2. The molecule has 0 saturated carbocycles. The second-order valence-corrected chi connectivity index (χ2v) is 14.4. The van der Waals surface area contributed by atoms with Gasteiger partial charge in [0, 0.05) is 12.6 Å². The van der Waals surface area contributed by atoms with Gasteiger partial charge in [-0.3, -0.25) is 9.36 Å². The molecule has 1 unspecified atom stereocenters. The van der Waals surface area contributed by atoms with E-state index in [1.54, 1.807) is 0 Å². The van der Waals surface area contributed by atoms with Crippen LogP contribution in [0, 0.1) is 11.5 Å². The average molecular weight is 380 g/mol. The van der Waals surface area contributed by atoms with E-state index in [2.05, 4.69) is 31.1 Å². The zero-order valence-corrected chi connectivity index (χ0v) is 17.4. The van der Waals surface area contributed by atoms with E-state index in [1.807, 2.05) is 30.3 Å². The lowest BCUT2D eigenvalue weighted by Crippen LogP contribution is -2.16. The summed E-state index contributed by atoms with van der Waals surface area (Å²) in [5.41, 5.74) is 4.09. The zero-order chi connectivity index (χ0) is 18.8. The summed E-state index contributed by atoms with van der Waals surface area (Å²) in [5.74, 6) is 2.66. The Morgan fingerprint density at radius 2 is 1.84 bits per heavy atom. The molecule has 0 fully saturated rings. The van der Waals surface area contributed by atoms with Gasteiger partial charge in [-0.2, -0.15) is 0 Å². The van der Waals surface area contributed by atoms with Crippen LogP contribution in [0.4, 0.5) is 0 Å². The molecule has 0 aromatic heterocycles. The van der Waals surface area contributed by atoms with Crippen molar-refractivity contribution >= 4 is 21.4 Å². The van der Waals surface area contributed by atoms with Gasteiger partial charge in [-0.15, -0.1) is 11.5 Å². The zero-order valence-electron chi connectivity index (χ0n) is 15.5. The van der Waals surface area contributed by atoms with Gasteiger partial charge in [-0.25, -0.2) is 0 Å². The highest BCUT2D eigenvalue weighted by molar-refractivity contribution is 7.58. The number of carbonyl (C=O) groups excluding carboxylic acids is 1. The molecule has 6 heteroatoms. The molecule has 1 atom stereocenters. The molecule has 0 heterocycles. The van der Waals surface area contributed by atoms with Crippen molar-refractivity contribution in [2.45, 2.75) is 51.9 Å². The highest BCUT2D eigenvalue weighted by Gasteiger charge is 2.16. The molecule has 0 aliphatic carbocycles. The quantitative estimate of drug-likeness (QED) is 0.226. The summed E-state index contributed by atoms with van der Waals surface area (Å²) < 4.78 is 17.2. The molecule has 1 rings (SSSR count). The third-order valence-corrected chi connectivity index (χ3v) is 6.01. The number of carbonyl (C=O) groups is 1. The summed E-state index contributed by atoms with van der Waals surface area (Å²) in [4.78, 5) is 21.6. The third-order valence-electron chi connectivity index (χ3n) is 3.42. The standard InChI is InChI=1S/C19H29O4PSi/c1-25(2,3)16-10-15-24(21,22)14-9-5-8-13-19(20)23-17-18-11-6-4-7-12-18/h4,6-7,11-12H,5,8-9,13-15,17H2,1-3H3,(H,21,22). The maximum atomic E-state index is 12.0. The molecule has 1 aromatic carbocycles. The Kier molecular flexibility index (Phi) is 9.20. The summed E-state index contributed by atoms with van der Waals surface area (Å²) in [6.07, 6.45) is 2.75. The molecular formula is C19H29O4PSi. The Balaban J connectivity index is 2.15. The van der Waals surface area contributed by atoms with E-state index in [1.165, 1.54) is 0 Å². The van der Waals surface area contributed by atoms with Gasteiger partial charge in [0.05, 0.1) is 6.16 Å². The van der Waals surface area contributed by atoms with Crippen molar-refractivity contribution < 1.29 is 19.0 Å². The predicted molar refractivity (Wildman–Crippen MR) is 105 cm³/mol. The number of ether oxygens (including phenoxy) is 1. The SMILES string of the molecule is C[Si](C)(C)C#CCP(=O)(O)CCCCCC(=O)OCc1ccccc1. The van der Waals surface area contributed by atoms with Crippen molar-refractivity contribution in [1.82, 2.24) is 0 Å². The van der Waals surface area contributed by atoms with Gasteiger partial charge < -0.3 is 9.63 Å². The van der Waals surface area contributed by atoms with Crippen LogP contribution in [0.2, 0.25) is 19.6 Å². The van der Waals surface area contributed by atoms with Crippen LogP contribution in [0.3, 0.4) is 0 Å². The molecule has 0 saturated heterocycles. The normalized spacial score (nSPS) is 13.4. The first kappa shape index (κ1) is 21.7. The maximum Gasteiger partial charge on any atom is 0.306 e. The Hall–Kier alpha value is -1.34. The van der Waals surface area contributed by atoms with Gasteiger partial charge in [-0.1, -0.05) is 56.4 Å². The van der Waals surface area contributed by atoms with Crippen molar-refractivity contribution in [3.05, 3.63) is 35.9 Å². The van der Waals surface area contributed by atoms with Crippen molar-refractivity contribution in [3.8, 4) is 11.5 Å². The Labute approximate surface area is 152 Å². The lowest BCUT2D eigenvalue weighted by molar-refractivity contribution is -0.145. The van der Waals surface area contributed by atoms with E-state index in [0.29, 0.717) is 25.9 Å². The fraction of sp³-hybridized carbons (Fsp3) is 0.526. The molecule has 0 aliphatic heterocycles. The Bertz CT molecular complexity index is 641. The fourth-order valence-electron chi connectivity index (χ4n) is 2.12. The van der Waals surface area contributed by atoms with Gasteiger partial charge in [0.2, 0.25) is 7.37 Å². The summed E-state index contributed by atoms with van der Waals surface area (Å²) in [7, 11) is -4.65. The molecule has 0 radical (unpaired) electrons. The largest absolute Gasteiger partial charge is 0.461 e. The van der Waals surface area contributed by atoms with E-state index in [0.717, 1.165) is 12.0 Å². The molecule has 1 aromatic rings. The summed E-state index contributed by atoms with van der Waals surface area (Å²) in [5, 5.41) is 0. The highest BCUT2D eigenvalue weighted by Crippen LogP contribution is 2.40. The number of rotatable bonds is 9. The molecular weight excluding hydrogens is 351 g/mol. The number of hydrogen-bond acceptors (Lipinski definition) is 3. The van der Waals surface area contributed by atoms with Crippen molar-refractivity contribution in [3.63, 3.8) is 0 Å². The molecule has 0 aliphatic rings. The molecule has 138 valence electrons. The first-order valence-corrected chi connectivity index (χ1v) is 14.2. The van der Waals surface area contributed by atoms with Crippen LogP contribution in [0.25, 0.3) is 0 Å². The van der Waals surface area contributed by atoms with Crippen LogP contribution >= 0.6 is 7.37 Å². The van der Waals surface area contributed by atoms with E-state index in [9.17, 15) is 14.3 Å². The first-order chi connectivity index (χ1) is 11.7. The van der Waals surface area contributed by atoms with Crippen molar-refractivity contribution in [2.24, 2.45) is 0 Å². The number of esters is 1. The van der Waals surface area contributed by atoms with Gasteiger partial charge in [-0.05, 0) is 18.4 Å². The second kappa shape index (κ2) is 10.6. The lowest BCUT2D eigenvalue weighted by atomic mass is 10.2. The number of hydrogen-bond donors (Lipinski definition) is 1. The van der Waals surface area contributed by atoms with Crippen LogP contribution < -0.4 is 0 Å². The fourth-order valence-corrected chi connectivity index (χ4v) is 4.09. The smallest absolute Gasteiger partial charge is 0.306 e. The minimum Gasteiger partial charge on any atom is -0.461 e. The third kappa shape index (κ3) is 11.8. The highest BCUT2D eigenvalue weighted by atomic mass is 31.2. The van der Waals surface area contributed by atoms with Gasteiger partial charge in [0.15, 0.2) is 0 Å². The van der Waals surface area contributed by atoms with Gasteiger partial charge in [0.1, 0.15) is 14.7 Å². The van der Waals surface area contributed by atoms with Gasteiger partial charge >= 0.3 is 5.97 Å². The second-order valence-electron chi connectivity index (χ2n) is 7.24. The van der Waals surface area contributed by atoms with E-state index in [4.69, 9.17) is 4.74 Å². The predicted octanol–water partition coefficient (Wildman–Crippen LogP) is 4.44. The monoisotopic (exact) mass is 380 g/mol. The lowest BCUT2D eigenvalue weighted by Gasteiger charge is -2.09. The molecule has 0 spiro atoms. The maximum absolute atomic E-state index is 12.0. The molecule has 1 N–H and O–H groups in total. The van der Waals surface area contributed by atoms with Crippen LogP contribution in [0.5, 0.6) is 0 Å². The van der Waals surface area contributed by atoms with Crippen molar-refractivity contribution in [1.29, 1.82) is 0 Å². The summed E-state index contributed by atoms with van der Waals surface area (Å²) >= 11 is 0. The Morgan fingerprint density at radius 3 is 2.48 bits per heavy atom. The molecule has 0 amide bonds. The number of benzene rings is 1. The van der Waals surface area contributed by atoms with Crippen molar-refractivity contribution in [2.75, 3.05) is 12.3 Å². The van der Waals surface area contributed by atoms with E-state index in [-0.39, 0.29) is 18.3 Å².